The number of carbonyl (C=O) groups is 3. The fourth-order valence-corrected chi connectivity index (χ4v) is 8.09. The van der Waals surface area contributed by atoms with Crippen LogP contribution in [0.4, 0.5) is 0 Å². The lowest BCUT2D eigenvalue weighted by molar-refractivity contribution is -0.138. The summed E-state index contributed by atoms with van der Waals surface area (Å²) in [7, 11) is 0. The fourth-order valence-electron chi connectivity index (χ4n) is 8.09. The van der Waals surface area contributed by atoms with E-state index in [0.29, 0.717) is 24.2 Å². The number of carbonyl (C=O) groups excluding carboxylic acids is 2. The van der Waals surface area contributed by atoms with Gasteiger partial charge in [0.1, 0.15) is 18.2 Å². The van der Waals surface area contributed by atoms with Crippen LogP contribution in [0.25, 0.3) is 0 Å². The summed E-state index contributed by atoms with van der Waals surface area (Å²) >= 11 is 0. The predicted molar refractivity (Wildman–Crippen MR) is 146 cm³/mol. The highest BCUT2D eigenvalue weighted by Crippen LogP contribution is 2.67. The molecule has 0 radical (unpaired) electrons. The van der Waals surface area contributed by atoms with Gasteiger partial charge in [-0.2, -0.15) is 0 Å². The summed E-state index contributed by atoms with van der Waals surface area (Å²) in [6.07, 6.45) is 15.5. The van der Waals surface area contributed by atoms with Crippen molar-refractivity contribution in [3.05, 3.63) is 11.6 Å². The summed E-state index contributed by atoms with van der Waals surface area (Å²) in [6.45, 7) is 7.28. The smallest absolute Gasteiger partial charge is 0.322 e. The Bertz CT molecular complexity index is 1110. The van der Waals surface area contributed by atoms with Crippen LogP contribution in [0.2, 0.25) is 0 Å². The van der Waals surface area contributed by atoms with E-state index < -0.39 is 36.0 Å². The van der Waals surface area contributed by atoms with Gasteiger partial charge in [0, 0.05) is 5.41 Å². The Morgan fingerprint density at radius 1 is 1.15 bits per heavy atom. The van der Waals surface area contributed by atoms with E-state index in [9.17, 15) is 19.5 Å². The Morgan fingerprint density at radius 3 is 2.54 bits per heavy atom. The van der Waals surface area contributed by atoms with Gasteiger partial charge in [-0.15, -0.1) is 6.42 Å². The Kier molecular flexibility index (Phi) is 8.18. The van der Waals surface area contributed by atoms with Gasteiger partial charge in [-0.1, -0.05) is 44.3 Å². The number of carboxylic acids is 1. The van der Waals surface area contributed by atoms with Crippen LogP contribution in [0.1, 0.15) is 79.1 Å². The first-order valence-corrected chi connectivity index (χ1v) is 14.2. The Balaban J connectivity index is 1.36. The minimum Gasteiger partial charge on any atom is -0.480 e. The highest BCUT2D eigenvalue weighted by molar-refractivity contribution is 5.96. The van der Waals surface area contributed by atoms with Crippen LogP contribution >= 0.6 is 0 Å². The average molecular weight is 542 g/mol. The van der Waals surface area contributed by atoms with Crippen LogP contribution in [-0.4, -0.2) is 58.5 Å². The molecule has 9 heteroatoms. The molecule has 0 aromatic heterocycles. The zero-order valence-corrected chi connectivity index (χ0v) is 23.6. The molecule has 0 heterocycles. The zero-order chi connectivity index (χ0) is 28.6. The summed E-state index contributed by atoms with van der Waals surface area (Å²) in [6, 6.07) is -0.866. The molecule has 7 atom stereocenters. The number of aliphatic carboxylic acids is 1. The third kappa shape index (κ3) is 5.32. The van der Waals surface area contributed by atoms with E-state index in [1.165, 1.54) is 5.57 Å². The number of amides is 2. The van der Waals surface area contributed by atoms with Crippen LogP contribution in [0.5, 0.6) is 0 Å². The van der Waals surface area contributed by atoms with Crippen molar-refractivity contribution in [2.24, 2.45) is 39.7 Å². The summed E-state index contributed by atoms with van der Waals surface area (Å²) in [5.74, 6) is 1.90. The molecule has 3 fully saturated rings. The summed E-state index contributed by atoms with van der Waals surface area (Å²) in [4.78, 5) is 40.8. The van der Waals surface area contributed by atoms with Gasteiger partial charge in [-0.25, -0.2) is 0 Å². The highest BCUT2D eigenvalue weighted by atomic mass is 16.6. The number of allylic oxidation sites excluding steroid dienone is 2. The van der Waals surface area contributed by atoms with Crippen molar-refractivity contribution in [2.75, 3.05) is 13.2 Å². The zero-order valence-electron chi connectivity index (χ0n) is 23.6. The van der Waals surface area contributed by atoms with Gasteiger partial charge in [0.15, 0.2) is 6.61 Å². The Hall–Kier alpha value is -2.86. The SMILES string of the molecule is C#C[C@@]1(O)CC[C@@H]2[C@@H]3CCC4=C/C(=N\OCC(=O)N[C@H](C(=O)NCC(=O)O)C(C)C)CC[C@]4(C)[C@@H]3CC[C@@]21C. The van der Waals surface area contributed by atoms with Gasteiger partial charge < -0.3 is 25.7 Å². The van der Waals surface area contributed by atoms with Gasteiger partial charge >= 0.3 is 5.97 Å². The molecule has 3 saturated carbocycles. The second-order valence-electron chi connectivity index (χ2n) is 12.8. The number of rotatable bonds is 8. The van der Waals surface area contributed by atoms with Gasteiger partial charge in [-0.05, 0) is 86.5 Å². The molecule has 0 saturated heterocycles. The topological polar surface area (TPSA) is 137 Å². The van der Waals surface area contributed by atoms with Crippen molar-refractivity contribution >= 4 is 23.5 Å². The van der Waals surface area contributed by atoms with Crippen LogP contribution in [-0.2, 0) is 19.2 Å². The minimum absolute atomic E-state index is 0.0886. The van der Waals surface area contributed by atoms with E-state index in [0.717, 1.165) is 50.7 Å². The normalized spacial score (nSPS) is 37.0. The quantitative estimate of drug-likeness (QED) is 0.275. The molecular weight excluding hydrogens is 498 g/mol. The van der Waals surface area contributed by atoms with Gasteiger partial charge in [-0.3, -0.25) is 14.4 Å². The molecule has 0 unspecified atom stereocenters. The van der Waals surface area contributed by atoms with Crippen LogP contribution < -0.4 is 10.6 Å². The molecule has 0 spiro atoms. The molecule has 39 heavy (non-hydrogen) atoms. The number of hydrogen-bond acceptors (Lipinski definition) is 6. The van der Waals surface area contributed by atoms with E-state index in [4.69, 9.17) is 16.4 Å². The summed E-state index contributed by atoms with van der Waals surface area (Å²) in [5, 5.41) is 29.1. The van der Waals surface area contributed by atoms with Crippen molar-refractivity contribution in [1.29, 1.82) is 0 Å². The van der Waals surface area contributed by atoms with Crippen molar-refractivity contribution in [3.8, 4) is 12.3 Å². The van der Waals surface area contributed by atoms with E-state index in [-0.39, 0.29) is 23.4 Å². The Morgan fingerprint density at radius 2 is 1.87 bits per heavy atom. The lowest BCUT2D eigenvalue weighted by Gasteiger charge is -2.58. The predicted octanol–water partition coefficient (Wildman–Crippen LogP) is 3.03. The number of hydrogen-bond donors (Lipinski definition) is 4. The highest BCUT2D eigenvalue weighted by Gasteiger charge is 2.63. The number of nitrogens with one attached hydrogen (secondary N) is 2. The lowest BCUT2D eigenvalue weighted by atomic mass is 9.46. The number of fused-ring (bicyclic) bond motifs is 5. The van der Waals surface area contributed by atoms with Crippen LogP contribution in [0.3, 0.4) is 0 Å². The van der Waals surface area contributed by atoms with E-state index in [1.54, 1.807) is 13.8 Å². The average Bonchev–Trinajstić information content (AvgIpc) is 3.16. The number of aliphatic hydroxyl groups is 1. The molecule has 214 valence electrons. The molecular formula is C30H43N3O6. The molecule has 0 aromatic carbocycles. The Labute approximate surface area is 231 Å². The second-order valence-corrected chi connectivity index (χ2v) is 12.8. The maximum absolute atomic E-state index is 12.4. The minimum atomic E-state index is -1.15. The van der Waals surface area contributed by atoms with Crippen LogP contribution in [0.15, 0.2) is 16.8 Å². The second kappa shape index (κ2) is 11.0. The third-order valence-corrected chi connectivity index (χ3v) is 10.4. The third-order valence-electron chi connectivity index (χ3n) is 10.4. The van der Waals surface area contributed by atoms with E-state index >= 15 is 0 Å². The lowest BCUT2D eigenvalue weighted by Crippen LogP contribution is -2.54. The van der Waals surface area contributed by atoms with Crippen molar-refractivity contribution in [3.63, 3.8) is 0 Å². The van der Waals surface area contributed by atoms with Gasteiger partial charge in [0.05, 0.1) is 5.71 Å². The number of nitrogens with zero attached hydrogens (tertiary/aromatic N) is 1. The first-order valence-electron chi connectivity index (χ1n) is 14.2. The molecule has 9 nitrogen and oxygen atoms in total. The standard InChI is InChI=1S/C30H43N3O6/c1-6-30(38)14-11-23-21-8-7-19-15-20(9-12-28(19,4)22(21)10-13-29(23,30)5)33-39-17-24(34)32-26(18(2)3)27(37)31-16-25(35)36/h1,15,18,21-23,26,38H,7-14,16-17H2,2-5H3,(H,31,37)(H,32,34)(H,35,36)/b33-20-/t21-,22-,23-,26+,28+,29+,30-/m1/s1. The van der Waals surface area contributed by atoms with E-state index in [2.05, 4.69) is 41.6 Å². The molecule has 0 aliphatic heterocycles. The molecule has 4 N–H and O–H groups in total. The maximum Gasteiger partial charge on any atom is 0.322 e. The summed E-state index contributed by atoms with van der Waals surface area (Å²) < 4.78 is 0. The maximum atomic E-state index is 12.4. The molecule has 4 aliphatic carbocycles. The van der Waals surface area contributed by atoms with Crippen LogP contribution in [0, 0.1) is 46.8 Å². The number of terminal acetylenes is 1. The molecule has 4 rings (SSSR count). The number of oxime groups is 1. The fraction of sp³-hybridized carbons (Fsp3) is 0.733. The summed E-state index contributed by atoms with van der Waals surface area (Å²) in [5.41, 5.74) is 1.10. The van der Waals surface area contributed by atoms with Crippen molar-refractivity contribution < 1.29 is 29.4 Å². The van der Waals surface area contributed by atoms with Gasteiger partial charge in [0.2, 0.25) is 5.91 Å². The van der Waals surface area contributed by atoms with E-state index in [1.807, 2.05) is 0 Å². The molecule has 0 bridgehead atoms. The van der Waals surface area contributed by atoms with Crippen molar-refractivity contribution in [2.45, 2.75) is 90.7 Å². The molecule has 2 amide bonds. The first kappa shape index (κ1) is 29.1. The molecule has 4 aliphatic rings. The van der Waals surface area contributed by atoms with Crippen molar-refractivity contribution in [1.82, 2.24) is 10.6 Å². The monoisotopic (exact) mass is 541 g/mol. The number of carboxylic acid groups (broad SMARTS) is 1. The molecule has 0 aromatic rings. The van der Waals surface area contributed by atoms with Gasteiger partial charge in [0.25, 0.3) is 5.91 Å². The largest absolute Gasteiger partial charge is 0.480 e. The first-order chi connectivity index (χ1) is 18.3.